The number of aromatic amines is 2. The molecule has 1 aliphatic rings. The third-order valence-corrected chi connectivity index (χ3v) is 2.90. The van der Waals surface area contributed by atoms with E-state index in [1.54, 1.807) is 4.90 Å². The molecule has 1 amide bonds. The molecule has 88 valence electrons. The number of aromatic nitrogens is 2. The highest BCUT2D eigenvalue weighted by Crippen LogP contribution is 2.11. The van der Waals surface area contributed by atoms with E-state index in [-0.39, 0.29) is 17.6 Å². The van der Waals surface area contributed by atoms with Gasteiger partial charge in [-0.05, 0) is 19.9 Å². The van der Waals surface area contributed by atoms with Crippen molar-refractivity contribution in [2.24, 2.45) is 0 Å². The van der Waals surface area contributed by atoms with Gasteiger partial charge in [0, 0.05) is 25.3 Å². The van der Waals surface area contributed by atoms with E-state index < -0.39 is 0 Å². The van der Waals surface area contributed by atoms with E-state index in [9.17, 15) is 9.59 Å². The van der Waals surface area contributed by atoms with E-state index in [0.717, 1.165) is 19.5 Å². The number of amides is 1. The fourth-order valence-electron chi connectivity index (χ4n) is 2.08. The highest BCUT2D eigenvalue weighted by molar-refractivity contribution is 5.92. The molecule has 6 nitrogen and oxygen atoms in total. The molecular weight excluding hydrogens is 208 g/mol. The molecule has 2 rings (SSSR count). The standard InChI is InChI=1S/C10H16N4O2/c1-2-14(7-3-4-11-5-7)9(15)8-6-12-10(16)13-8/h6-7,11H,2-5H2,1H3,(H2,12,13,16). The Morgan fingerprint density at radius 3 is 2.94 bits per heavy atom. The van der Waals surface area contributed by atoms with Crippen LogP contribution in [0.1, 0.15) is 23.8 Å². The van der Waals surface area contributed by atoms with Gasteiger partial charge in [0.1, 0.15) is 5.69 Å². The van der Waals surface area contributed by atoms with E-state index in [1.807, 2.05) is 6.92 Å². The molecule has 0 radical (unpaired) electrons. The molecule has 1 atom stereocenters. The fourth-order valence-corrected chi connectivity index (χ4v) is 2.08. The Morgan fingerprint density at radius 2 is 2.44 bits per heavy atom. The van der Waals surface area contributed by atoms with Crippen molar-refractivity contribution in [3.8, 4) is 0 Å². The summed E-state index contributed by atoms with van der Waals surface area (Å²) in [7, 11) is 0. The Morgan fingerprint density at radius 1 is 1.62 bits per heavy atom. The van der Waals surface area contributed by atoms with Crippen LogP contribution in [0.5, 0.6) is 0 Å². The molecule has 2 heterocycles. The Kier molecular flexibility index (Phi) is 3.09. The molecule has 1 aromatic rings. The number of carbonyl (C=O) groups excluding carboxylic acids is 1. The van der Waals surface area contributed by atoms with E-state index >= 15 is 0 Å². The maximum atomic E-state index is 12.1. The topological polar surface area (TPSA) is 81.0 Å². The van der Waals surface area contributed by atoms with Gasteiger partial charge in [-0.1, -0.05) is 0 Å². The number of rotatable bonds is 3. The highest BCUT2D eigenvalue weighted by atomic mass is 16.2. The van der Waals surface area contributed by atoms with Gasteiger partial charge in [0.15, 0.2) is 0 Å². The maximum Gasteiger partial charge on any atom is 0.323 e. The number of likely N-dealkylation sites (N-methyl/N-ethyl adjacent to an activating group) is 1. The minimum atomic E-state index is -0.344. The zero-order valence-corrected chi connectivity index (χ0v) is 9.25. The number of H-pyrrole nitrogens is 2. The molecule has 1 unspecified atom stereocenters. The predicted molar refractivity (Wildman–Crippen MR) is 59.4 cm³/mol. The Labute approximate surface area is 93.0 Å². The smallest absolute Gasteiger partial charge is 0.323 e. The first-order valence-corrected chi connectivity index (χ1v) is 5.51. The van der Waals surface area contributed by atoms with Crippen LogP contribution in [0.3, 0.4) is 0 Å². The van der Waals surface area contributed by atoms with Crippen molar-refractivity contribution in [1.82, 2.24) is 20.2 Å². The van der Waals surface area contributed by atoms with E-state index in [4.69, 9.17) is 0 Å². The quantitative estimate of drug-likeness (QED) is 0.649. The van der Waals surface area contributed by atoms with E-state index in [2.05, 4.69) is 15.3 Å². The van der Waals surface area contributed by atoms with Gasteiger partial charge in [0.05, 0.1) is 0 Å². The van der Waals surface area contributed by atoms with Gasteiger partial charge in [0.2, 0.25) is 0 Å². The second-order valence-corrected chi connectivity index (χ2v) is 3.89. The summed E-state index contributed by atoms with van der Waals surface area (Å²) in [6.07, 6.45) is 2.39. The average Bonchev–Trinajstić information content (AvgIpc) is 2.90. The molecule has 0 saturated carbocycles. The third-order valence-electron chi connectivity index (χ3n) is 2.90. The lowest BCUT2D eigenvalue weighted by Crippen LogP contribution is -2.41. The summed E-state index contributed by atoms with van der Waals surface area (Å²) in [4.78, 5) is 29.7. The van der Waals surface area contributed by atoms with Crippen molar-refractivity contribution >= 4 is 5.91 Å². The lowest BCUT2D eigenvalue weighted by atomic mass is 10.2. The molecule has 0 aliphatic carbocycles. The maximum absolute atomic E-state index is 12.1. The number of nitrogens with one attached hydrogen (secondary N) is 3. The summed E-state index contributed by atoms with van der Waals surface area (Å²) < 4.78 is 0. The van der Waals surface area contributed by atoms with Crippen molar-refractivity contribution in [1.29, 1.82) is 0 Å². The second kappa shape index (κ2) is 4.52. The lowest BCUT2D eigenvalue weighted by Gasteiger charge is -2.26. The Bertz CT molecular complexity index is 416. The van der Waals surface area contributed by atoms with Gasteiger partial charge < -0.3 is 20.2 Å². The third kappa shape index (κ3) is 2.01. The van der Waals surface area contributed by atoms with Gasteiger partial charge in [-0.3, -0.25) is 4.79 Å². The molecule has 0 aromatic carbocycles. The molecule has 1 fully saturated rings. The van der Waals surface area contributed by atoms with Crippen LogP contribution in [0, 0.1) is 0 Å². The van der Waals surface area contributed by atoms with Crippen molar-refractivity contribution in [3.63, 3.8) is 0 Å². The number of nitrogens with zero attached hydrogens (tertiary/aromatic N) is 1. The molecule has 1 aromatic heterocycles. The molecule has 3 N–H and O–H groups in total. The van der Waals surface area contributed by atoms with Crippen LogP contribution < -0.4 is 11.0 Å². The second-order valence-electron chi connectivity index (χ2n) is 3.89. The molecule has 1 saturated heterocycles. The van der Waals surface area contributed by atoms with Gasteiger partial charge in [-0.2, -0.15) is 0 Å². The zero-order chi connectivity index (χ0) is 11.5. The van der Waals surface area contributed by atoms with Crippen LogP contribution in [0.25, 0.3) is 0 Å². The minimum absolute atomic E-state index is 0.116. The minimum Gasteiger partial charge on any atom is -0.333 e. The number of imidazole rings is 1. The normalized spacial score (nSPS) is 19.9. The van der Waals surface area contributed by atoms with Crippen LogP contribution in [0.4, 0.5) is 0 Å². The average molecular weight is 224 g/mol. The summed E-state index contributed by atoms with van der Waals surface area (Å²) in [5.74, 6) is -0.116. The predicted octanol–water partition coefficient (Wildman–Crippen LogP) is -0.473. The van der Waals surface area contributed by atoms with Crippen molar-refractivity contribution < 1.29 is 4.79 Å². The Hall–Kier alpha value is -1.56. The highest BCUT2D eigenvalue weighted by Gasteiger charge is 2.26. The number of hydrogen-bond acceptors (Lipinski definition) is 3. The van der Waals surface area contributed by atoms with Crippen LogP contribution in [-0.4, -0.2) is 46.5 Å². The van der Waals surface area contributed by atoms with Gasteiger partial charge in [-0.25, -0.2) is 4.79 Å². The van der Waals surface area contributed by atoms with E-state index in [1.165, 1.54) is 6.20 Å². The molecule has 6 heteroatoms. The SMILES string of the molecule is CCN(C(=O)c1c[nH]c(=O)[nH]1)C1CCNC1. The van der Waals surface area contributed by atoms with Crippen LogP contribution >= 0.6 is 0 Å². The summed E-state index contributed by atoms with van der Waals surface area (Å²) in [5.41, 5.74) is -0.0114. The zero-order valence-electron chi connectivity index (χ0n) is 9.25. The van der Waals surface area contributed by atoms with Crippen molar-refractivity contribution in [2.45, 2.75) is 19.4 Å². The number of hydrogen-bond donors (Lipinski definition) is 3. The summed E-state index contributed by atoms with van der Waals surface area (Å²) in [5, 5.41) is 3.23. The van der Waals surface area contributed by atoms with Crippen molar-refractivity contribution in [3.05, 3.63) is 22.4 Å². The molecule has 0 spiro atoms. The Balaban J connectivity index is 2.14. The largest absolute Gasteiger partial charge is 0.333 e. The fraction of sp³-hybridized carbons (Fsp3) is 0.600. The summed E-state index contributed by atoms with van der Waals surface area (Å²) >= 11 is 0. The van der Waals surface area contributed by atoms with Gasteiger partial charge in [0.25, 0.3) is 5.91 Å². The van der Waals surface area contributed by atoms with Gasteiger partial charge in [-0.15, -0.1) is 0 Å². The first kappa shape index (κ1) is 10.9. The van der Waals surface area contributed by atoms with Crippen LogP contribution in [0.15, 0.2) is 11.0 Å². The molecular formula is C10H16N4O2. The summed E-state index contributed by atoms with van der Waals surface area (Å²) in [6.45, 7) is 4.37. The monoisotopic (exact) mass is 224 g/mol. The lowest BCUT2D eigenvalue weighted by molar-refractivity contribution is 0.0698. The van der Waals surface area contributed by atoms with Crippen LogP contribution in [0.2, 0.25) is 0 Å². The molecule has 1 aliphatic heterocycles. The van der Waals surface area contributed by atoms with Crippen LogP contribution in [-0.2, 0) is 0 Å². The molecule has 16 heavy (non-hydrogen) atoms. The van der Waals surface area contributed by atoms with Crippen molar-refractivity contribution in [2.75, 3.05) is 19.6 Å². The summed E-state index contributed by atoms with van der Waals surface area (Å²) in [6, 6.07) is 0.232. The first-order chi connectivity index (χ1) is 7.72. The first-order valence-electron chi connectivity index (χ1n) is 5.51. The molecule has 0 bridgehead atoms. The van der Waals surface area contributed by atoms with E-state index in [0.29, 0.717) is 12.2 Å². The number of carbonyl (C=O) groups is 1. The van der Waals surface area contributed by atoms with Gasteiger partial charge >= 0.3 is 5.69 Å².